The normalized spacial score (nSPS) is 39.8. The second-order valence-electron chi connectivity index (χ2n) is 9.01. The third kappa shape index (κ3) is 2.21. The molecule has 0 amide bonds. The van der Waals surface area contributed by atoms with Crippen LogP contribution < -0.4 is 5.73 Å². The number of rotatable bonds is 5. The smallest absolute Gasteiger partial charge is 0.312 e. The van der Waals surface area contributed by atoms with E-state index in [1.807, 2.05) is 6.92 Å². The number of hydrogen-bond donors (Lipinski definition) is 1. The quantitative estimate of drug-likeness (QED) is 0.783. The van der Waals surface area contributed by atoms with Crippen LogP contribution in [0.2, 0.25) is 0 Å². The van der Waals surface area contributed by atoms with Crippen LogP contribution in [0.4, 0.5) is 0 Å². The van der Waals surface area contributed by atoms with Gasteiger partial charge in [-0.1, -0.05) is 27.2 Å². The van der Waals surface area contributed by atoms with Crippen LogP contribution in [0.1, 0.15) is 66.2 Å². The Kier molecular flexibility index (Phi) is 4.76. The lowest BCUT2D eigenvalue weighted by Gasteiger charge is -2.58. The van der Waals surface area contributed by atoms with Crippen LogP contribution in [0, 0.1) is 22.7 Å². The van der Waals surface area contributed by atoms with Crippen molar-refractivity contribution < 1.29 is 9.53 Å². The molecule has 4 atom stereocenters. The van der Waals surface area contributed by atoms with Gasteiger partial charge in [0.05, 0.1) is 12.5 Å². The Labute approximate surface area is 147 Å². The topological polar surface area (TPSA) is 55.6 Å². The van der Waals surface area contributed by atoms with Gasteiger partial charge in [-0.2, -0.15) is 0 Å². The number of piperidine rings is 1. The van der Waals surface area contributed by atoms with Crippen molar-refractivity contribution in [1.82, 2.24) is 4.90 Å². The molecule has 3 fully saturated rings. The van der Waals surface area contributed by atoms with Crippen molar-refractivity contribution in [3.05, 3.63) is 0 Å². The lowest BCUT2D eigenvalue weighted by Crippen LogP contribution is -2.67. The molecule has 0 unspecified atom stereocenters. The molecule has 2 bridgehead atoms. The van der Waals surface area contributed by atoms with Gasteiger partial charge in [0.25, 0.3) is 0 Å². The molecular formula is C20H36N2O2. The molecule has 0 spiro atoms. The van der Waals surface area contributed by atoms with Crippen molar-refractivity contribution in [1.29, 1.82) is 0 Å². The number of carbonyl (C=O) groups is 1. The van der Waals surface area contributed by atoms with E-state index in [0.717, 1.165) is 19.5 Å². The molecule has 0 aromatic heterocycles. The molecule has 3 rings (SSSR count). The molecule has 1 saturated heterocycles. The van der Waals surface area contributed by atoms with Crippen LogP contribution in [0.5, 0.6) is 0 Å². The summed E-state index contributed by atoms with van der Waals surface area (Å²) >= 11 is 0. The van der Waals surface area contributed by atoms with Crippen molar-refractivity contribution in [2.24, 2.45) is 28.4 Å². The summed E-state index contributed by atoms with van der Waals surface area (Å²) in [6.07, 6.45) is 7.39. The molecule has 4 nitrogen and oxygen atoms in total. The molecular weight excluding hydrogens is 300 g/mol. The maximum atomic E-state index is 12.9. The van der Waals surface area contributed by atoms with Crippen LogP contribution in [-0.4, -0.2) is 42.6 Å². The third-order valence-electron chi connectivity index (χ3n) is 8.25. The van der Waals surface area contributed by atoms with Crippen LogP contribution in [0.3, 0.4) is 0 Å². The number of likely N-dealkylation sites (tertiary alicyclic amines) is 1. The van der Waals surface area contributed by atoms with Gasteiger partial charge in [0.15, 0.2) is 0 Å². The first-order chi connectivity index (χ1) is 11.3. The number of carbonyl (C=O) groups excluding carboxylic acids is 1. The second kappa shape index (κ2) is 6.28. The van der Waals surface area contributed by atoms with Gasteiger partial charge in [-0.25, -0.2) is 0 Å². The molecule has 0 radical (unpaired) electrons. The van der Waals surface area contributed by atoms with E-state index in [0.29, 0.717) is 19.1 Å². The minimum atomic E-state index is -0.204. The Morgan fingerprint density at radius 1 is 1.25 bits per heavy atom. The van der Waals surface area contributed by atoms with Crippen molar-refractivity contribution >= 4 is 5.97 Å². The average Bonchev–Trinajstić information content (AvgIpc) is 2.89. The number of hydrogen-bond acceptors (Lipinski definition) is 4. The van der Waals surface area contributed by atoms with E-state index in [4.69, 9.17) is 10.5 Å². The lowest BCUT2D eigenvalue weighted by atomic mass is 9.57. The Morgan fingerprint density at radius 2 is 1.92 bits per heavy atom. The molecule has 0 aromatic carbocycles. The van der Waals surface area contributed by atoms with E-state index in [2.05, 4.69) is 25.7 Å². The molecule has 2 N–H and O–H groups in total. The van der Waals surface area contributed by atoms with Gasteiger partial charge in [-0.15, -0.1) is 0 Å². The Morgan fingerprint density at radius 3 is 2.38 bits per heavy atom. The van der Waals surface area contributed by atoms with Crippen LogP contribution in [-0.2, 0) is 9.53 Å². The van der Waals surface area contributed by atoms with E-state index in [1.54, 1.807) is 0 Å². The van der Waals surface area contributed by atoms with E-state index >= 15 is 0 Å². The van der Waals surface area contributed by atoms with Gasteiger partial charge >= 0.3 is 5.97 Å². The summed E-state index contributed by atoms with van der Waals surface area (Å²) in [5.74, 6) is 0.410. The van der Waals surface area contributed by atoms with E-state index in [9.17, 15) is 4.79 Å². The van der Waals surface area contributed by atoms with Crippen LogP contribution >= 0.6 is 0 Å². The number of nitrogens with zero attached hydrogens (tertiary/aromatic N) is 1. The van der Waals surface area contributed by atoms with Gasteiger partial charge in [0.2, 0.25) is 0 Å². The first-order valence-corrected chi connectivity index (χ1v) is 9.97. The highest BCUT2D eigenvalue weighted by Gasteiger charge is 2.73. The van der Waals surface area contributed by atoms with Gasteiger partial charge in [0, 0.05) is 12.1 Å². The highest BCUT2D eigenvalue weighted by Crippen LogP contribution is 2.73. The van der Waals surface area contributed by atoms with Crippen molar-refractivity contribution in [2.75, 3.05) is 26.2 Å². The number of esters is 1. The van der Waals surface area contributed by atoms with Gasteiger partial charge < -0.3 is 10.5 Å². The Bertz CT molecular complexity index is 486. The average molecular weight is 337 g/mol. The fourth-order valence-electron chi connectivity index (χ4n) is 6.58. The maximum Gasteiger partial charge on any atom is 0.312 e. The molecule has 24 heavy (non-hydrogen) atoms. The maximum absolute atomic E-state index is 12.9. The first-order valence-electron chi connectivity index (χ1n) is 9.97. The van der Waals surface area contributed by atoms with Crippen molar-refractivity contribution in [2.45, 2.75) is 71.8 Å². The summed E-state index contributed by atoms with van der Waals surface area (Å²) in [5.41, 5.74) is 6.48. The monoisotopic (exact) mass is 336 g/mol. The number of ether oxygens (including phenoxy) is 1. The first kappa shape index (κ1) is 18.2. The highest BCUT2D eigenvalue weighted by atomic mass is 16.5. The van der Waals surface area contributed by atoms with Gasteiger partial charge in [-0.05, 0) is 68.9 Å². The van der Waals surface area contributed by atoms with E-state index in [1.165, 1.54) is 32.1 Å². The fraction of sp³-hybridized carbons (Fsp3) is 0.950. The SMILES string of the molecule is CCOC(=O)[C@@H](CN)[C@]1(N2CCCCC2)C[C@@H]2CC[C@]1(C)C2(C)C. The number of fused-ring (bicyclic) bond motifs is 2. The second-order valence-corrected chi connectivity index (χ2v) is 9.01. The lowest BCUT2D eigenvalue weighted by molar-refractivity contribution is -0.164. The molecule has 0 aromatic rings. The molecule has 2 aliphatic carbocycles. The third-order valence-corrected chi connectivity index (χ3v) is 8.25. The van der Waals surface area contributed by atoms with Crippen LogP contribution in [0.25, 0.3) is 0 Å². The summed E-state index contributed by atoms with van der Waals surface area (Å²) in [4.78, 5) is 15.6. The molecule has 1 heterocycles. The van der Waals surface area contributed by atoms with Crippen LogP contribution in [0.15, 0.2) is 0 Å². The molecule has 3 aliphatic rings. The van der Waals surface area contributed by atoms with Crippen molar-refractivity contribution in [3.8, 4) is 0 Å². The summed E-state index contributed by atoms with van der Waals surface area (Å²) in [5, 5.41) is 0. The molecule has 4 heteroatoms. The summed E-state index contributed by atoms with van der Waals surface area (Å²) in [6.45, 7) is 12.2. The summed E-state index contributed by atoms with van der Waals surface area (Å²) in [7, 11) is 0. The zero-order valence-electron chi connectivity index (χ0n) is 16.1. The van der Waals surface area contributed by atoms with E-state index in [-0.39, 0.29) is 28.3 Å². The minimum Gasteiger partial charge on any atom is -0.466 e. The highest BCUT2D eigenvalue weighted by molar-refractivity contribution is 5.75. The van der Waals surface area contributed by atoms with Gasteiger partial charge in [0.1, 0.15) is 0 Å². The molecule has 2 saturated carbocycles. The largest absolute Gasteiger partial charge is 0.466 e. The zero-order valence-corrected chi connectivity index (χ0v) is 16.1. The van der Waals surface area contributed by atoms with E-state index < -0.39 is 0 Å². The summed E-state index contributed by atoms with van der Waals surface area (Å²) < 4.78 is 5.50. The predicted molar refractivity (Wildman–Crippen MR) is 96.6 cm³/mol. The van der Waals surface area contributed by atoms with Gasteiger partial charge in [-0.3, -0.25) is 9.69 Å². The fourth-order valence-corrected chi connectivity index (χ4v) is 6.58. The minimum absolute atomic E-state index is 0.0739. The number of nitrogens with two attached hydrogens (primary N) is 1. The Hall–Kier alpha value is -0.610. The Balaban J connectivity index is 2.07. The standard InChI is InChI=1S/C20H36N2O2/c1-5-24-17(23)16(14-21)20(22-11-7-6-8-12-22)13-15-9-10-19(20,4)18(15,2)3/h15-16H,5-14,21H2,1-4H3/t15-,16+,19+,20+/m0/s1. The molecule has 138 valence electrons. The summed E-state index contributed by atoms with van der Waals surface area (Å²) in [6, 6.07) is 0. The predicted octanol–water partition coefficient (Wildman–Crippen LogP) is 3.20. The van der Waals surface area contributed by atoms with Crippen molar-refractivity contribution in [3.63, 3.8) is 0 Å². The molecule has 1 aliphatic heterocycles. The zero-order chi connectivity index (χ0) is 17.6.